The highest BCUT2D eigenvalue weighted by Gasteiger charge is 2.32. The van der Waals surface area contributed by atoms with Crippen LogP contribution in [0, 0.1) is 11.8 Å². The van der Waals surface area contributed by atoms with Crippen molar-refractivity contribution in [2.75, 3.05) is 0 Å². The Kier molecular flexibility index (Phi) is 13.2. The highest BCUT2D eigenvalue weighted by molar-refractivity contribution is 5.96. The van der Waals surface area contributed by atoms with Gasteiger partial charge in [0.1, 0.15) is 24.4 Å². The molecule has 0 radical (unpaired) electrons. The standard InChI is InChI=1S/C21H35N5O9/c1-9(2)16(22)20(34)25-13(7-15(30)31)19(33)26-17(10(3)4)21(35)23-11(5)18(32)24-12(8-27)6-14(28)29/h8-13,16-17H,6-7,22H2,1-5H3,(H,23,35)(H,24,32)(H,25,34)(H,26,33)(H,28,29)(H,30,31)/t11-,12-,13-,16-,17-/m0/s1. The van der Waals surface area contributed by atoms with Gasteiger partial charge in [0, 0.05) is 0 Å². The summed E-state index contributed by atoms with van der Waals surface area (Å²) in [4.78, 5) is 82.8. The summed E-state index contributed by atoms with van der Waals surface area (Å²) >= 11 is 0. The number of aldehydes is 1. The van der Waals surface area contributed by atoms with Crippen molar-refractivity contribution >= 4 is 41.9 Å². The van der Waals surface area contributed by atoms with Crippen LogP contribution in [0.1, 0.15) is 47.5 Å². The van der Waals surface area contributed by atoms with Crippen molar-refractivity contribution in [3.8, 4) is 0 Å². The lowest BCUT2D eigenvalue weighted by molar-refractivity contribution is -0.141. The van der Waals surface area contributed by atoms with E-state index in [1.165, 1.54) is 6.92 Å². The summed E-state index contributed by atoms with van der Waals surface area (Å²) in [5.74, 6) is -6.76. The van der Waals surface area contributed by atoms with Gasteiger partial charge in [0.05, 0.1) is 24.9 Å². The Morgan fingerprint density at radius 3 is 1.69 bits per heavy atom. The van der Waals surface area contributed by atoms with Crippen LogP contribution < -0.4 is 27.0 Å². The third-order valence-electron chi connectivity index (χ3n) is 4.92. The van der Waals surface area contributed by atoms with Gasteiger partial charge < -0.3 is 42.0 Å². The van der Waals surface area contributed by atoms with Crippen LogP contribution in [-0.2, 0) is 33.6 Å². The molecule has 4 amide bonds. The van der Waals surface area contributed by atoms with Crippen LogP contribution >= 0.6 is 0 Å². The number of carboxylic acid groups (broad SMARTS) is 2. The largest absolute Gasteiger partial charge is 0.481 e. The summed E-state index contributed by atoms with van der Waals surface area (Å²) in [6, 6.07) is -6.21. The van der Waals surface area contributed by atoms with Gasteiger partial charge in [-0.3, -0.25) is 28.8 Å². The number of nitrogens with two attached hydrogens (primary N) is 1. The molecule has 0 saturated heterocycles. The fourth-order valence-electron chi connectivity index (χ4n) is 2.74. The Labute approximate surface area is 202 Å². The molecular weight excluding hydrogens is 466 g/mol. The number of nitrogens with one attached hydrogen (secondary N) is 4. The minimum Gasteiger partial charge on any atom is -0.481 e. The average Bonchev–Trinajstić information content (AvgIpc) is 2.74. The summed E-state index contributed by atoms with van der Waals surface area (Å²) in [6.45, 7) is 7.81. The van der Waals surface area contributed by atoms with Crippen molar-refractivity contribution in [1.82, 2.24) is 21.3 Å². The van der Waals surface area contributed by atoms with Crippen molar-refractivity contribution in [2.45, 2.75) is 77.7 Å². The van der Waals surface area contributed by atoms with Crippen LogP contribution in [0.5, 0.6) is 0 Å². The molecule has 0 aromatic heterocycles. The zero-order valence-electron chi connectivity index (χ0n) is 20.4. The minimum atomic E-state index is -1.51. The van der Waals surface area contributed by atoms with Crippen molar-refractivity contribution in [3.63, 3.8) is 0 Å². The molecule has 0 aliphatic carbocycles. The zero-order chi connectivity index (χ0) is 27.5. The zero-order valence-corrected chi connectivity index (χ0v) is 20.4. The van der Waals surface area contributed by atoms with E-state index in [2.05, 4.69) is 21.3 Å². The van der Waals surface area contributed by atoms with E-state index in [1.807, 2.05) is 0 Å². The molecule has 0 aromatic carbocycles. The average molecular weight is 502 g/mol. The van der Waals surface area contributed by atoms with E-state index >= 15 is 0 Å². The molecule has 0 heterocycles. The predicted octanol–water partition coefficient (Wildman–Crippen LogP) is -2.27. The van der Waals surface area contributed by atoms with Gasteiger partial charge in [-0.25, -0.2) is 0 Å². The van der Waals surface area contributed by atoms with E-state index in [4.69, 9.17) is 15.9 Å². The van der Waals surface area contributed by atoms with Crippen LogP contribution in [0.2, 0.25) is 0 Å². The second kappa shape index (κ2) is 14.7. The molecule has 0 aliphatic heterocycles. The number of hydrogen-bond acceptors (Lipinski definition) is 8. The number of hydrogen-bond donors (Lipinski definition) is 7. The van der Waals surface area contributed by atoms with E-state index < -0.39 is 84.5 Å². The lowest BCUT2D eigenvalue weighted by Gasteiger charge is -2.27. The molecule has 0 saturated carbocycles. The molecule has 0 rings (SSSR count). The van der Waals surface area contributed by atoms with E-state index in [0.29, 0.717) is 0 Å². The normalized spacial score (nSPS) is 15.2. The molecule has 5 atom stereocenters. The number of aliphatic carboxylic acids is 2. The quantitative estimate of drug-likeness (QED) is 0.119. The van der Waals surface area contributed by atoms with Crippen LogP contribution in [0.25, 0.3) is 0 Å². The predicted molar refractivity (Wildman–Crippen MR) is 122 cm³/mol. The van der Waals surface area contributed by atoms with Crippen molar-refractivity contribution in [3.05, 3.63) is 0 Å². The van der Waals surface area contributed by atoms with Crippen molar-refractivity contribution in [2.24, 2.45) is 17.6 Å². The van der Waals surface area contributed by atoms with Crippen LogP contribution in [0.4, 0.5) is 0 Å². The van der Waals surface area contributed by atoms with Crippen LogP contribution in [-0.4, -0.2) is 82.3 Å². The fourth-order valence-corrected chi connectivity index (χ4v) is 2.74. The summed E-state index contributed by atoms with van der Waals surface area (Å²) in [5.41, 5.74) is 5.74. The molecule has 0 unspecified atom stereocenters. The molecule has 14 nitrogen and oxygen atoms in total. The van der Waals surface area contributed by atoms with Gasteiger partial charge in [-0.2, -0.15) is 0 Å². The second-order valence-electron chi connectivity index (χ2n) is 8.74. The van der Waals surface area contributed by atoms with Gasteiger partial charge in [0.2, 0.25) is 23.6 Å². The maximum Gasteiger partial charge on any atom is 0.305 e. The molecule has 0 aromatic rings. The number of carbonyl (C=O) groups excluding carboxylic acids is 5. The second-order valence-corrected chi connectivity index (χ2v) is 8.74. The highest BCUT2D eigenvalue weighted by atomic mass is 16.4. The van der Waals surface area contributed by atoms with Gasteiger partial charge in [-0.1, -0.05) is 27.7 Å². The van der Waals surface area contributed by atoms with Gasteiger partial charge >= 0.3 is 11.9 Å². The lowest BCUT2D eigenvalue weighted by atomic mass is 10.0. The third kappa shape index (κ3) is 11.4. The molecule has 35 heavy (non-hydrogen) atoms. The first-order chi connectivity index (χ1) is 16.1. The van der Waals surface area contributed by atoms with Crippen molar-refractivity contribution < 1.29 is 43.8 Å². The summed E-state index contributed by atoms with van der Waals surface area (Å²) in [6.07, 6.45) is -1.15. The maximum atomic E-state index is 12.7. The van der Waals surface area contributed by atoms with Gasteiger partial charge in [-0.15, -0.1) is 0 Å². The molecular formula is C21H35N5O9. The molecule has 14 heteroatoms. The molecule has 0 bridgehead atoms. The first-order valence-electron chi connectivity index (χ1n) is 11.0. The number of carboxylic acids is 2. The minimum absolute atomic E-state index is 0.250. The molecule has 0 spiro atoms. The van der Waals surface area contributed by atoms with Crippen LogP contribution in [0.3, 0.4) is 0 Å². The van der Waals surface area contributed by atoms with Gasteiger partial charge in [0.25, 0.3) is 0 Å². The van der Waals surface area contributed by atoms with Crippen molar-refractivity contribution in [1.29, 1.82) is 0 Å². The Hall–Kier alpha value is -3.55. The third-order valence-corrected chi connectivity index (χ3v) is 4.92. The van der Waals surface area contributed by atoms with E-state index in [9.17, 15) is 33.6 Å². The summed E-state index contributed by atoms with van der Waals surface area (Å²) in [7, 11) is 0. The summed E-state index contributed by atoms with van der Waals surface area (Å²) in [5, 5.41) is 27.1. The molecule has 0 fully saturated rings. The Morgan fingerprint density at radius 2 is 1.26 bits per heavy atom. The SMILES string of the molecule is CC(C)[C@H](N)C(=O)N[C@@H](CC(=O)O)C(=O)N[C@H](C(=O)N[C@@H](C)C(=O)N[C@H](C=O)CC(=O)O)C(C)C. The molecule has 198 valence electrons. The highest BCUT2D eigenvalue weighted by Crippen LogP contribution is 2.06. The van der Waals surface area contributed by atoms with Crippen LogP contribution in [0.15, 0.2) is 0 Å². The molecule has 0 aliphatic rings. The smallest absolute Gasteiger partial charge is 0.305 e. The van der Waals surface area contributed by atoms with E-state index in [1.54, 1.807) is 27.7 Å². The first-order valence-corrected chi connectivity index (χ1v) is 11.0. The van der Waals surface area contributed by atoms with E-state index in [0.717, 1.165) is 0 Å². The Morgan fingerprint density at radius 1 is 0.714 bits per heavy atom. The van der Waals surface area contributed by atoms with E-state index in [-0.39, 0.29) is 12.2 Å². The monoisotopic (exact) mass is 501 g/mol. The van der Waals surface area contributed by atoms with Gasteiger partial charge in [0.15, 0.2) is 0 Å². The van der Waals surface area contributed by atoms with Gasteiger partial charge in [-0.05, 0) is 18.8 Å². The fraction of sp³-hybridized carbons (Fsp3) is 0.667. The Bertz CT molecular complexity index is 815. The maximum absolute atomic E-state index is 12.7. The topological polar surface area (TPSA) is 234 Å². The lowest BCUT2D eigenvalue weighted by Crippen LogP contribution is -2.59. The number of rotatable bonds is 15. The number of amides is 4. The number of carbonyl (C=O) groups is 7. The Balaban J connectivity index is 5.38. The first kappa shape index (κ1) is 31.4. The summed E-state index contributed by atoms with van der Waals surface area (Å²) < 4.78 is 0. The molecule has 8 N–H and O–H groups in total.